The van der Waals surface area contributed by atoms with Crippen molar-refractivity contribution in [1.29, 1.82) is 0 Å². The summed E-state index contributed by atoms with van der Waals surface area (Å²) in [5.74, 6) is -0.375. The van der Waals surface area contributed by atoms with E-state index in [1.54, 1.807) is 20.0 Å². The van der Waals surface area contributed by atoms with Gasteiger partial charge < -0.3 is 10.6 Å². The molecule has 0 aromatic heterocycles. The van der Waals surface area contributed by atoms with E-state index < -0.39 is 0 Å². The minimum absolute atomic E-state index is 0.0903. The lowest BCUT2D eigenvalue weighted by molar-refractivity contribution is -0.122. The van der Waals surface area contributed by atoms with Crippen LogP contribution in [0.25, 0.3) is 0 Å². The number of carbonyl (C=O) groups is 1. The van der Waals surface area contributed by atoms with Gasteiger partial charge in [-0.2, -0.15) is 0 Å². The molecule has 0 heterocycles. The molecule has 0 saturated carbocycles. The summed E-state index contributed by atoms with van der Waals surface area (Å²) in [5, 5.41) is 5.55. The van der Waals surface area contributed by atoms with Crippen LogP contribution in [-0.4, -0.2) is 19.0 Å². The molecule has 1 rings (SSSR count). The fraction of sp³-hybridized carbons (Fsp3) is 0.364. The van der Waals surface area contributed by atoms with Crippen LogP contribution in [0.15, 0.2) is 22.7 Å². The maximum Gasteiger partial charge on any atom is 0.236 e. The number of amides is 1. The Kier molecular flexibility index (Phi) is 4.89. The smallest absolute Gasteiger partial charge is 0.236 e. The van der Waals surface area contributed by atoms with Crippen molar-refractivity contribution < 1.29 is 9.18 Å². The Labute approximate surface area is 103 Å². The predicted octanol–water partition coefficient (Wildman–Crippen LogP) is 1.81. The van der Waals surface area contributed by atoms with Crippen LogP contribution in [0, 0.1) is 5.82 Å². The number of nitrogens with one attached hydrogen (secondary N) is 2. The minimum Gasteiger partial charge on any atom is -0.358 e. The molecule has 0 unspecified atom stereocenters. The van der Waals surface area contributed by atoms with Crippen molar-refractivity contribution in [3.8, 4) is 0 Å². The number of likely N-dealkylation sites (N-methyl/N-ethyl adjacent to an activating group) is 1. The molecule has 88 valence electrons. The zero-order valence-electron chi connectivity index (χ0n) is 9.18. The van der Waals surface area contributed by atoms with E-state index in [0.717, 1.165) is 10.0 Å². The normalized spacial score (nSPS) is 12.2. The molecular weight excluding hydrogens is 275 g/mol. The van der Waals surface area contributed by atoms with E-state index in [4.69, 9.17) is 0 Å². The van der Waals surface area contributed by atoms with E-state index in [1.807, 2.05) is 0 Å². The van der Waals surface area contributed by atoms with E-state index in [1.165, 1.54) is 12.1 Å². The molecule has 1 aromatic rings. The van der Waals surface area contributed by atoms with Crippen LogP contribution in [0.2, 0.25) is 0 Å². The van der Waals surface area contributed by atoms with Crippen LogP contribution in [0.4, 0.5) is 4.39 Å². The Bertz CT molecular complexity index is 384. The van der Waals surface area contributed by atoms with Crippen LogP contribution >= 0.6 is 15.9 Å². The van der Waals surface area contributed by atoms with Crippen LogP contribution in [0.5, 0.6) is 0 Å². The summed E-state index contributed by atoms with van der Waals surface area (Å²) in [6, 6.07) is 4.17. The fourth-order valence-electron chi connectivity index (χ4n) is 1.25. The van der Waals surface area contributed by atoms with Gasteiger partial charge >= 0.3 is 0 Å². The topological polar surface area (TPSA) is 41.1 Å². The van der Waals surface area contributed by atoms with Crippen molar-refractivity contribution in [2.75, 3.05) is 7.05 Å². The first-order valence-corrected chi connectivity index (χ1v) is 5.72. The number of halogens is 2. The highest BCUT2D eigenvalue weighted by Gasteiger charge is 2.10. The average Bonchev–Trinajstić information content (AvgIpc) is 2.28. The molecule has 0 bridgehead atoms. The molecule has 0 fully saturated rings. The molecule has 0 saturated heterocycles. The number of hydrogen-bond donors (Lipinski definition) is 2. The molecule has 0 aliphatic heterocycles. The first kappa shape index (κ1) is 13.1. The van der Waals surface area contributed by atoms with Crippen molar-refractivity contribution in [3.63, 3.8) is 0 Å². The summed E-state index contributed by atoms with van der Waals surface area (Å²) in [6.07, 6.45) is 0. The third-order valence-electron chi connectivity index (χ3n) is 2.25. The standard InChI is InChI=1S/C11H14BrFN2O/c1-7(11(16)14-2)15-6-8-5-9(13)3-4-10(8)12/h3-5,7,15H,6H2,1-2H3,(H,14,16)/t7-/m1/s1. The summed E-state index contributed by atoms with van der Waals surface area (Å²) in [4.78, 5) is 11.2. The molecule has 1 aromatic carbocycles. The van der Waals surface area contributed by atoms with Crippen LogP contribution in [0.3, 0.4) is 0 Å². The second-order valence-corrected chi connectivity index (χ2v) is 4.31. The maximum absolute atomic E-state index is 13.0. The Morgan fingerprint density at radius 1 is 1.56 bits per heavy atom. The number of benzene rings is 1. The third kappa shape index (κ3) is 3.57. The zero-order valence-corrected chi connectivity index (χ0v) is 10.8. The maximum atomic E-state index is 13.0. The molecule has 5 heteroatoms. The van der Waals surface area contributed by atoms with E-state index in [2.05, 4.69) is 26.6 Å². The molecule has 2 N–H and O–H groups in total. The lowest BCUT2D eigenvalue weighted by Gasteiger charge is -2.13. The highest BCUT2D eigenvalue weighted by molar-refractivity contribution is 9.10. The largest absolute Gasteiger partial charge is 0.358 e. The Balaban J connectivity index is 2.60. The summed E-state index contributed by atoms with van der Waals surface area (Å²) >= 11 is 3.33. The van der Waals surface area contributed by atoms with Gasteiger partial charge in [0.1, 0.15) is 5.82 Å². The molecule has 1 atom stereocenters. The first-order chi connectivity index (χ1) is 7.54. The second-order valence-electron chi connectivity index (χ2n) is 3.45. The van der Waals surface area contributed by atoms with Crippen molar-refractivity contribution in [3.05, 3.63) is 34.1 Å². The average molecular weight is 289 g/mol. The minimum atomic E-state index is -0.305. The van der Waals surface area contributed by atoms with E-state index in [-0.39, 0.29) is 17.8 Å². The second kappa shape index (κ2) is 5.96. The van der Waals surface area contributed by atoms with Crippen molar-refractivity contribution in [2.24, 2.45) is 0 Å². The Morgan fingerprint density at radius 3 is 2.88 bits per heavy atom. The summed E-state index contributed by atoms with van der Waals surface area (Å²) in [5.41, 5.74) is 0.788. The van der Waals surface area contributed by atoms with Crippen LogP contribution in [0.1, 0.15) is 12.5 Å². The van der Waals surface area contributed by atoms with Gasteiger partial charge in [0, 0.05) is 18.1 Å². The van der Waals surface area contributed by atoms with Crippen molar-refractivity contribution in [2.45, 2.75) is 19.5 Å². The highest BCUT2D eigenvalue weighted by atomic mass is 79.9. The fourth-order valence-corrected chi connectivity index (χ4v) is 1.64. The summed E-state index contributed by atoms with van der Waals surface area (Å²) in [6.45, 7) is 2.19. The van der Waals surface area contributed by atoms with E-state index in [0.29, 0.717) is 6.54 Å². The van der Waals surface area contributed by atoms with Gasteiger partial charge in [-0.15, -0.1) is 0 Å². The van der Waals surface area contributed by atoms with Crippen molar-refractivity contribution in [1.82, 2.24) is 10.6 Å². The SMILES string of the molecule is CNC(=O)[C@@H](C)NCc1cc(F)ccc1Br. The third-order valence-corrected chi connectivity index (χ3v) is 3.02. The highest BCUT2D eigenvalue weighted by Crippen LogP contribution is 2.17. The summed E-state index contributed by atoms with van der Waals surface area (Å²) in [7, 11) is 1.58. The molecule has 1 amide bonds. The van der Waals surface area contributed by atoms with Gasteiger partial charge in [0.15, 0.2) is 0 Å². The quantitative estimate of drug-likeness (QED) is 0.887. The molecule has 16 heavy (non-hydrogen) atoms. The molecule has 0 spiro atoms. The van der Waals surface area contributed by atoms with Crippen LogP contribution < -0.4 is 10.6 Å². The van der Waals surface area contributed by atoms with Gasteiger partial charge in [0.25, 0.3) is 0 Å². The zero-order chi connectivity index (χ0) is 12.1. The number of rotatable bonds is 4. The van der Waals surface area contributed by atoms with Gasteiger partial charge in [0.05, 0.1) is 6.04 Å². The van der Waals surface area contributed by atoms with Gasteiger partial charge in [-0.05, 0) is 30.7 Å². The van der Waals surface area contributed by atoms with Gasteiger partial charge in [-0.3, -0.25) is 4.79 Å². The molecular formula is C11H14BrFN2O. The summed E-state index contributed by atoms with van der Waals surface area (Å²) < 4.78 is 13.8. The number of carbonyl (C=O) groups excluding carboxylic acids is 1. The lowest BCUT2D eigenvalue weighted by atomic mass is 10.2. The predicted molar refractivity (Wildman–Crippen MR) is 64.5 cm³/mol. The van der Waals surface area contributed by atoms with E-state index in [9.17, 15) is 9.18 Å². The van der Waals surface area contributed by atoms with E-state index >= 15 is 0 Å². The Morgan fingerprint density at radius 2 is 2.25 bits per heavy atom. The molecule has 0 aliphatic carbocycles. The monoisotopic (exact) mass is 288 g/mol. The van der Waals surface area contributed by atoms with Gasteiger partial charge in [-0.1, -0.05) is 15.9 Å². The van der Waals surface area contributed by atoms with Gasteiger partial charge in [0.2, 0.25) is 5.91 Å². The molecule has 0 radical (unpaired) electrons. The van der Waals surface area contributed by atoms with Gasteiger partial charge in [-0.25, -0.2) is 4.39 Å². The lowest BCUT2D eigenvalue weighted by Crippen LogP contribution is -2.40. The first-order valence-electron chi connectivity index (χ1n) is 4.93. The Hall–Kier alpha value is -0.940. The molecule has 0 aliphatic rings. The van der Waals surface area contributed by atoms with Crippen LogP contribution in [-0.2, 0) is 11.3 Å². The van der Waals surface area contributed by atoms with Crippen molar-refractivity contribution >= 4 is 21.8 Å². The molecule has 3 nitrogen and oxygen atoms in total. The number of hydrogen-bond acceptors (Lipinski definition) is 2.